The molecule has 2 N–H and O–H groups in total. The van der Waals surface area contributed by atoms with E-state index in [9.17, 15) is 0 Å². The smallest absolute Gasteiger partial charge is 0.0294 e. The topological polar surface area (TPSA) is 26.0 Å². The van der Waals surface area contributed by atoms with Crippen LogP contribution in [0.25, 0.3) is 0 Å². The molecule has 0 aliphatic rings. The summed E-state index contributed by atoms with van der Waals surface area (Å²) in [5.74, 6) is 0. The molecule has 1 nitrogen and oxygen atoms in total. The van der Waals surface area contributed by atoms with Crippen molar-refractivity contribution >= 4 is 0 Å². The minimum atomic E-state index is 0.224. The lowest BCUT2D eigenvalue weighted by atomic mass is 9.99. The first-order chi connectivity index (χ1) is 8.77. The third-order valence-corrected chi connectivity index (χ3v) is 3.57. The summed E-state index contributed by atoms with van der Waals surface area (Å²) in [4.78, 5) is 0. The molecule has 0 fully saturated rings. The lowest BCUT2D eigenvalue weighted by molar-refractivity contribution is 0.555. The van der Waals surface area contributed by atoms with E-state index in [2.05, 4.69) is 38.1 Å². The molecule has 0 saturated carbocycles. The molecule has 0 aliphatic heterocycles. The summed E-state index contributed by atoms with van der Waals surface area (Å²) in [5.41, 5.74) is 8.96. The highest BCUT2D eigenvalue weighted by molar-refractivity contribution is 5.24. The zero-order chi connectivity index (χ0) is 13.2. The molecule has 102 valence electrons. The molecular formula is C17H29N. The second-order valence-corrected chi connectivity index (χ2v) is 5.30. The van der Waals surface area contributed by atoms with Gasteiger partial charge in [0.25, 0.3) is 0 Å². The van der Waals surface area contributed by atoms with Crippen molar-refractivity contribution in [3.05, 3.63) is 35.4 Å². The molecule has 0 saturated heterocycles. The third-order valence-electron chi connectivity index (χ3n) is 3.57. The van der Waals surface area contributed by atoms with Gasteiger partial charge in [0.05, 0.1) is 0 Å². The van der Waals surface area contributed by atoms with E-state index in [1.54, 1.807) is 0 Å². The van der Waals surface area contributed by atoms with Gasteiger partial charge in [0.1, 0.15) is 0 Å². The van der Waals surface area contributed by atoms with E-state index in [4.69, 9.17) is 5.73 Å². The van der Waals surface area contributed by atoms with E-state index < -0.39 is 0 Å². The molecular weight excluding hydrogens is 218 g/mol. The lowest BCUT2D eigenvalue weighted by Crippen LogP contribution is -2.10. The summed E-state index contributed by atoms with van der Waals surface area (Å²) in [5, 5.41) is 0. The standard InChI is InChI=1S/C17H29N/c1-3-5-6-7-8-10-17(18)16-13-11-15(9-4-2)12-14-16/h11-14,17H,3-10,18H2,1-2H3. The molecule has 1 heteroatoms. The van der Waals surface area contributed by atoms with Gasteiger partial charge in [-0.2, -0.15) is 0 Å². The highest BCUT2D eigenvalue weighted by Gasteiger charge is 2.05. The predicted molar refractivity (Wildman–Crippen MR) is 80.7 cm³/mol. The first-order valence-corrected chi connectivity index (χ1v) is 7.62. The average Bonchev–Trinajstić information content (AvgIpc) is 2.39. The number of unbranched alkanes of at least 4 members (excludes halogenated alkanes) is 4. The summed E-state index contributed by atoms with van der Waals surface area (Å²) in [7, 11) is 0. The van der Waals surface area contributed by atoms with Crippen molar-refractivity contribution in [2.45, 2.75) is 71.3 Å². The molecule has 0 radical (unpaired) electrons. The Bertz CT molecular complexity index is 302. The van der Waals surface area contributed by atoms with Crippen LogP contribution in [0, 0.1) is 0 Å². The maximum Gasteiger partial charge on any atom is 0.0294 e. The predicted octanol–water partition coefficient (Wildman–Crippen LogP) is 5.00. The van der Waals surface area contributed by atoms with Gasteiger partial charge in [0.2, 0.25) is 0 Å². The Hall–Kier alpha value is -0.820. The van der Waals surface area contributed by atoms with Crippen molar-refractivity contribution in [1.29, 1.82) is 0 Å². The van der Waals surface area contributed by atoms with Crippen LogP contribution in [0.1, 0.15) is 76.0 Å². The zero-order valence-corrected chi connectivity index (χ0v) is 12.1. The molecule has 0 heterocycles. The molecule has 0 bridgehead atoms. The van der Waals surface area contributed by atoms with Crippen LogP contribution in [0.3, 0.4) is 0 Å². The summed E-state index contributed by atoms with van der Waals surface area (Å²) in [6.45, 7) is 4.47. The lowest BCUT2D eigenvalue weighted by Gasteiger charge is -2.12. The van der Waals surface area contributed by atoms with Crippen molar-refractivity contribution in [2.24, 2.45) is 5.73 Å². The first-order valence-electron chi connectivity index (χ1n) is 7.62. The van der Waals surface area contributed by atoms with Gasteiger partial charge in [0.15, 0.2) is 0 Å². The van der Waals surface area contributed by atoms with Gasteiger partial charge in [-0.05, 0) is 24.0 Å². The van der Waals surface area contributed by atoms with Crippen molar-refractivity contribution in [3.8, 4) is 0 Å². The fourth-order valence-electron chi connectivity index (χ4n) is 2.35. The van der Waals surface area contributed by atoms with E-state index >= 15 is 0 Å². The molecule has 1 aromatic rings. The van der Waals surface area contributed by atoms with Gasteiger partial charge >= 0.3 is 0 Å². The number of hydrogen-bond acceptors (Lipinski definition) is 1. The SMILES string of the molecule is CCCCCCCC(N)c1ccc(CCC)cc1. The fraction of sp³-hybridized carbons (Fsp3) is 0.647. The van der Waals surface area contributed by atoms with Gasteiger partial charge in [-0.1, -0.05) is 76.6 Å². The maximum atomic E-state index is 6.23. The maximum absolute atomic E-state index is 6.23. The number of hydrogen-bond donors (Lipinski definition) is 1. The van der Waals surface area contributed by atoms with E-state index in [0.717, 1.165) is 6.42 Å². The molecule has 0 aliphatic carbocycles. The van der Waals surface area contributed by atoms with Crippen molar-refractivity contribution in [2.75, 3.05) is 0 Å². The van der Waals surface area contributed by atoms with Crippen LogP contribution in [-0.2, 0) is 6.42 Å². The monoisotopic (exact) mass is 247 g/mol. The summed E-state index contributed by atoms with van der Waals surface area (Å²) >= 11 is 0. The molecule has 0 aromatic heterocycles. The van der Waals surface area contributed by atoms with Crippen molar-refractivity contribution in [3.63, 3.8) is 0 Å². The van der Waals surface area contributed by atoms with Crippen LogP contribution < -0.4 is 5.73 Å². The van der Waals surface area contributed by atoms with Gasteiger partial charge in [-0.15, -0.1) is 0 Å². The Balaban J connectivity index is 2.30. The van der Waals surface area contributed by atoms with Gasteiger partial charge in [0, 0.05) is 6.04 Å². The van der Waals surface area contributed by atoms with Gasteiger partial charge in [-0.25, -0.2) is 0 Å². The summed E-state index contributed by atoms with van der Waals surface area (Å²) in [6.07, 6.45) is 10.1. The highest BCUT2D eigenvalue weighted by Crippen LogP contribution is 2.19. The van der Waals surface area contributed by atoms with Crippen LogP contribution in [0.2, 0.25) is 0 Å². The third kappa shape index (κ3) is 5.68. The van der Waals surface area contributed by atoms with E-state index in [1.807, 2.05) is 0 Å². The Morgan fingerprint density at radius 3 is 2.17 bits per heavy atom. The molecule has 0 amide bonds. The Labute approximate surface area is 113 Å². The minimum absolute atomic E-state index is 0.224. The quantitative estimate of drug-likeness (QED) is 0.611. The average molecular weight is 247 g/mol. The van der Waals surface area contributed by atoms with Crippen molar-refractivity contribution in [1.82, 2.24) is 0 Å². The molecule has 1 rings (SSSR count). The van der Waals surface area contributed by atoms with Crippen LogP contribution in [0.4, 0.5) is 0 Å². The molecule has 18 heavy (non-hydrogen) atoms. The van der Waals surface area contributed by atoms with E-state index in [1.165, 1.54) is 56.1 Å². The number of rotatable bonds is 9. The van der Waals surface area contributed by atoms with Crippen LogP contribution >= 0.6 is 0 Å². The number of aryl methyl sites for hydroxylation is 1. The van der Waals surface area contributed by atoms with Crippen LogP contribution in [0.5, 0.6) is 0 Å². The van der Waals surface area contributed by atoms with Crippen molar-refractivity contribution < 1.29 is 0 Å². The normalized spacial score (nSPS) is 12.6. The van der Waals surface area contributed by atoms with Gasteiger partial charge in [-0.3, -0.25) is 0 Å². The fourth-order valence-corrected chi connectivity index (χ4v) is 2.35. The van der Waals surface area contributed by atoms with E-state index in [-0.39, 0.29) is 6.04 Å². The molecule has 1 atom stereocenters. The molecule has 1 unspecified atom stereocenters. The Morgan fingerprint density at radius 1 is 0.889 bits per heavy atom. The van der Waals surface area contributed by atoms with Gasteiger partial charge < -0.3 is 5.73 Å². The first kappa shape index (κ1) is 15.2. The van der Waals surface area contributed by atoms with E-state index in [0.29, 0.717) is 0 Å². The highest BCUT2D eigenvalue weighted by atomic mass is 14.6. The Morgan fingerprint density at radius 2 is 1.56 bits per heavy atom. The second kappa shape index (κ2) is 9.16. The zero-order valence-electron chi connectivity index (χ0n) is 12.1. The Kier molecular flexibility index (Phi) is 7.75. The summed E-state index contributed by atoms with van der Waals surface area (Å²) in [6, 6.07) is 9.11. The molecule has 1 aromatic carbocycles. The number of nitrogens with two attached hydrogens (primary N) is 1. The summed E-state index contributed by atoms with van der Waals surface area (Å²) < 4.78 is 0. The number of benzene rings is 1. The second-order valence-electron chi connectivity index (χ2n) is 5.30. The largest absolute Gasteiger partial charge is 0.324 e. The van der Waals surface area contributed by atoms with Crippen LogP contribution in [0.15, 0.2) is 24.3 Å². The minimum Gasteiger partial charge on any atom is -0.324 e. The van der Waals surface area contributed by atoms with Crippen LogP contribution in [-0.4, -0.2) is 0 Å². The molecule has 0 spiro atoms.